The summed E-state index contributed by atoms with van der Waals surface area (Å²) in [4.78, 5) is 20.0. The molecule has 1 fully saturated rings. The number of amides is 1. The zero-order chi connectivity index (χ0) is 14.2. The molecule has 0 aliphatic carbocycles. The summed E-state index contributed by atoms with van der Waals surface area (Å²) in [7, 11) is 0. The molecule has 1 atom stereocenters. The molecular weight excluding hydrogens is 329 g/mol. The number of carbonyl (C=O) groups excluding carboxylic acids is 1. The Bertz CT molecular complexity index is 508. The van der Waals surface area contributed by atoms with Gasteiger partial charge in [-0.2, -0.15) is 13.2 Å². The summed E-state index contributed by atoms with van der Waals surface area (Å²) >= 11 is 2.75. The number of nitrogens with zero attached hydrogens (tertiary/aromatic N) is 3. The lowest BCUT2D eigenvalue weighted by Gasteiger charge is -2.16. The molecular formula is C10H10BrF3N4O. The molecule has 1 aromatic heterocycles. The normalized spacial score (nSPS) is 20.2. The van der Waals surface area contributed by atoms with E-state index in [1.54, 1.807) is 0 Å². The minimum absolute atomic E-state index is 0.0749. The predicted octanol–water partition coefficient (Wildman–Crippen LogP) is 1.57. The van der Waals surface area contributed by atoms with Crippen molar-refractivity contribution < 1.29 is 18.0 Å². The van der Waals surface area contributed by atoms with Gasteiger partial charge in [0.1, 0.15) is 0 Å². The van der Waals surface area contributed by atoms with E-state index in [4.69, 9.17) is 5.73 Å². The van der Waals surface area contributed by atoms with E-state index in [9.17, 15) is 18.0 Å². The summed E-state index contributed by atoms with van der Waals surface area (Å²) in [5, 5.41) is 0. The first kappa shape index (κ1) is 14.2. The van der Waals surface area contributed by atoms with Gasteiger partial charge in [-0.1, -0.05) is 0 Å². The van der Waals surface area contributed by atoms with Crippen LogP contribution in [0.2, 0.25) is 0 Å². The van der Waals surface area contributed by atoms with Crippen molar-refractivity contribution in [2.75, 3.05) is 18.0 Å². The first-order chi connectivity index (χ1) is 8.82. The Morgan fingerprint density at radius 1 is 1.53 bits per heavy atom. The summed E-state index contributed by atoms with van der Waals surface area (Å²) in [6.45, 7) is 0.541. The molecule has 1 aliphatic heterocycles. The number of alkyl halides is 3. The summed E-state index contributed by atoms with van der Waals surface area (Å²) in [6, 6.07) is 0. The Morgan fingerprint density at radius 2 is 2.21 bits per heavy atom. The van der Waals surface area contributed by atoms with Gasteiger partial charge >= 0.3 is 6.18 Å². The van der Waals surface area contributed by atoms with Crippen molar-refractivity contribution in [1.29, 1.82) is 0 Å². The maximum Gasteiger partial charge on any atom is 0.434 e. The summed E-state index contributed by atoms with van der Waals surface area (Å²) < 4.78 is 37.9. The average Bonchev–Trinajstić information content (AvgIpc) is 2.70. The van der Waals surface area contributed by atoms with Crippen LogP contribution in [0.4, 0.5) is 19.1 Å². The van der Waals surface area contributed by atoms with Crippen LogP contribution in [-0.2, 0) is 11.0 Å². The van der Waals surface area contributed by atoms with E-state index < -0.39 is 11.9 Å². The minimum Gasteiger partial charge on any atom is -0.330 e. The molecule has 5 nitrogen and oxygen atoms in total. The maximum atomic E-state index is 12.7. The summed E-state index contributed by atoms with van der Waals surface area (Å²) in [5.74, 6) is -0.628. The molecule has 9 heteroatoms. The molecule has 1 aliphatic rings. The second-order valence-corrected chi connectivity index (χ2v) is 5.03. The molecule has 2 rings (SSSR count). The molecule has 2 N–H and O–H groups in total. The lowest BCUT2D eigenvalue weighted by molar-refractivity contribution is -0.141. The van der Waals surface area contributed by atoms with Crippen LogP contribution < -0.4 is 10.6 Å². The van der Waals surface area contributed by atoms with E-state index in [2.05, 4.69) is 25.9 Å². The van der Waals surface area contributed by atoms with E-state index in [1.807, 2.05) is 0 Å². The number of anilines is 1. The highest BCUT2D eigenvalue weighted by Crippen LogP contribution is 2.34. The second-order valence-electron chi connectivity index (χ2n) is 4.17. The van der Waals surface area contributed by atoms with Crippen molar-refractivity contribution in [2.24, 2.45) is 11.7 Å². The standard InChI is InChI=1S/C10H10BrF3N4O/c11-6-3-16-9(17-8(6)10(12,13)14)18-4-5(2-15)1-7(18)19/h3,5H,1-2,4,15H2. The Labute approximate surface area is 115 Å². The van der Waals surface area contributed by atoms with Gasteiger partial charge in [-0.25, -0.2) is 9.97 Å². The molecule has 1 saturated heterocycles. The third-order valence-corrected chi connectivity index (χ3v) is 3.36. The van der Waals surface area contributed by atoms with Gasteiger partial charge in [0.25, 0.3) is 0 Å². The zero-order valence-electron chi connectivity index (χ0n) is 9.62. The van der Waals surface area contributed by atoms with Gasteiger partial charge in [0.2, 0.25) is 11.9 Å². The van der Waals surface area contributed by atoms with E-state index in [-0.39, 0.29) is 35.2 Å². The monoisotopic (exact) mass is 338 g/mol. The van der Waals surface area contributed by atoms with Crippen LogP contribution in [0.15, 0.2) is 10.7 Å². The molecule has 0 saturated carbocycles. The van der Waals surface area contributed by atoms with Gasteiger partial charge in [0.05, 0.1) is 4.47 Å². The van der Waals surface area contributed by atoms with Crippen LogP contribution in [0.3, 0.4) is 0 Å². The summed E-state index contributed by atoms with van der Waals surface area (Å²) in [5.41, 5.74) is 4.36. The number of aromatic nitrogens is 2. The van der Waals surface area contributed by atoms with Gasteiger partial charge in [-0.3, -0.25) is 9.69 Å². The highest BCUT2D eigenvalue weighted by Gasteiger charge is 2.38. The van der Waals surface area contributed by atoms with Gasteiger partial charge in [-0.15, -0.1) is 0 Å². The van der Waals surface area contributed by atoms with Crippen LogP contribution in [0.1, 0.15) is 12.1 Å². The number of rotatable bonds is 2. The van der Waals surface area contributed by atoms with Crippen molar-refractivity contribution >= 4 is 27.8 Å². The van der Waals surface area contributed by atoms with Crippen molar-refractivity contribution in [3.8, 4) is 0 Å². The first-order valence-corrected chi connectivity index (χ1v) is 6.22. The van der Waals surface area contributed by atoms with E-state index >= 15 is 0 Å². The van der Waals surface area contributed by atoms with Gasteiger partial charge in [-0.05, 0) is 28.4 Å². The molecule has 0 radical (unpaired) electrons. The fourth-order valence-electron chi connectivity index (χ4n) is 1.82. The van der Waals surface area contributed by atoms with E-state index in [1.165, 1.54) is 0 Å². The maximum absolute atomic E-state index is 12.7. The topological polar surface area (TPSA) is 72.1 Å². The molecule has 104 valence electrons. The van der Waals surface area contributed by atoms with Crippen LogP contribution in [0.5, 0.6) is 0 Å². The van der Waals surface area contributed by atoms with E-state index in [0.29, 0.717) is 6.54 Å². The molecule has 19 heavy (non-hydrogen) atoms. The number of nitrogens with two attached hydrogens (primary N) is 1. The third kappa shape index (κ3) is 2.86. The Balaban J connectivity index is 2.34. The largest absolute Gasteiger partial charge is 0.434 e. The van der Waals surface area contributed by atoms with Crippen LogP contribution in [-0.4, -0.2) is 29.0 Å². The fourth-order valence-corrected chi connectivity index (χ4v) is 2.24. The van der Waals surface area contributed by atoms with Crippen molar-refractivity contribution in [3.63, 3.8) is 0 Å². The molecule has 0 bridgehead atoms. The molecule has 2 heterocycles. The van der Waals surface area contributed by atoms with Crippen LogP contribution in [0.25, 0.3) is 0 Å². The number of hydrogen-bond donors (Lipinski definition) is 1. The Kier molecular flexibility index (Phi) is 3.77. The van der Waals surface area contributed by atoms with Gasteiger partial charge in [0, 0.05) is 19.2 Å². The van der Waals surface area contributed by atoms with Crippen molar-refractivity contribution in [1.82, 2.24) is 9.97 Å². The quantitative estimate of drug-likeness (QED) is 0.888. The van der Waals surface area contributed by atoms with Crippen LogP contribution in [0, 0.1) is 5.92 Å². The lowest BCUT2D eigenvalue weighted by Crippen LogP contribution is -2.28. The zero-order valence-corrected chi connectivity index (χ0v) is 11.2. The number of carbonyl (C=O) groups is 1. The first-order valence-electron chi connectivity index (χ1n) is 5.43. The SMILES string of the molecule is NCC1CC(=O)N(c2ncc(Br)c(C(F)(F)F)n2)C1. The number of hydrogen-bond acceptors (Lipinski definition) is 4. The van der Waals surface area contributed by atoms with Gasteiger partial charge < -0.3 is 5.73 Å². The van der Waals surface area contributed by atoms with Crippen molar-refractivity contribution in [3.05, 3.63) is 16.4 Å². The Morgan fingerprint density at radius 3 is 2.74 bits per heavy atom. The Hall–Kier alpha value is -1.22. The molecule has 1 unspecified atom stereocenters. The highest BCUT2D eigenvalue weighted by atomic mass is 79.9. The third-order valence-electron chi connectivity index (χ3n) is 2.78. The summed E-state index contributed by atoms with van der Waals surface area (Å²) in [6.07, 6.45) is -3.40. The van der Waals surface area contributed by atoms with Crippen LogP contribution >= 0.6 is 15.9 Å². The second kappa shape index (κ2) is 5.04. The number of halogens is 4. The smallest absolute Gasteiger partial charge is 0.330 e. The van der Waals surface area contributed by atoms with E-state index in [0.717, 1.165) is 11.1 Å². The highest BCUT2D eigenvalue weighted by molar-refractivity contribution is 9.10. The lowest BCUT2D eigenvalue weighted by atomic mass is 10.1. The predicted molar refractivity (Wildman–Crippen MR) is 64.2 cm³/mol. The molecule has 0 aromatic carbocycles. The molecule has 1 amide bonds. The minimum atomic E-state index is -4.60. The molecule has 1 aromatic rings. The average molecular weight is 339 g/mol. The van der Waals surface area contributed by atoms with Gasteiger partial charge in [0.15, 0.2) is 5.69 Å². The molecule has 0 spiro atoms. The van der Waals surface area contributed by atoms with Crippen molar-refractivity contribution in [2.45, 2.75) is 12.6 Å². The fraction of sp³-hybridized carbons (Fsp3) is 0.500.